The number of hydrogen-bond acceptors (Lipinski definition) is 3. The first kappa shape index (κ1) is 13.0. The molecule has 0 spiro atoms. The Morgan fingerprint density at radius 3 is 2.44 bits per heavy atom. The lowest BCUT2D eigenvalue weighted by atomic mass is 10.1. The van der Waals surface area contributed by atoms with E-state index in [9.17, 15) is 0 Å². The van der Waals surface area contributed by atoms with E-state index in [4.69, 9.17) is 0 Å². The summed E-state index contributed by atoms with van der Waals surface area (Å²) in [5.41, 5.74) is 4.32. The highest BCUT2D eigenvalue weighted by Gasteiger charge is 2.09. The minimum atomic E-state index is 0.762. The van der Waals surface area contributed by atoms with Gasteiger partial charge in [-0.15, -0.1) is 0 Å². The first-order valence-corrected chi connectivity index (χ1v) is 6.61. The molecule has 2 aromatic rings. The van der Waals surface area contributed by atoms with E-state index < -0.39 is 0 Å². The normalized spacial score (nSPS) is 10.5. The highest BCUT2D eigenvalue weighted by Crippen LogP contribution is 2.25. The van der Waals surface area contributed by atoms with Crippen molar-refractivity contribution in [2.24, 2.45) is 0 Å². The van der Waals surface area contributed by atoms with Crippen molar-refractivity contribution in [1.82, 2.24) is 9.97 Å². The van der Waals surface area contributed by atoms with Crippen LogP contribution in [-0.4, -0.2) is 17.0 Å². The number of benzene rings is 1. The third-order valence-corrected chi connectivity index (χ3v) is 3.93. The minimum Gasteiger partial charge on any atom is -0.373 e. The highest BCUT2D eigenvalue weighted by atomic mass is 79.9. The van der Waals surface area contributed by atoms with E-state index in [1.807, 2.05) is 33.0 Å². The van der Waals surface area contributed by atoms with Crippen molar-refractivity contribution in [3.05, 3.63) is 39.5 Å². The molecule has 0 fully saturated rings. The summed E-state index contributed by atoms with van der Waals surface area (Å²) in [6.45, 7) is 6.10. The average molecular weight is 306 g/mol. The van der Waals surface area contributed by atoms with E-state index in [1.54, 1.807) is 0 Å². The summed E-state index contributed by atoms with van der Waals surface area (Å²) in [6, 6.07) is 6.15. The van der Waals surface area contributed by atoms with Crippen LogP contribution in [0.5, 0.6) is 0 Å². The van der Waals surface area contributed by atoms with Crippen LogP contribution in [0.15, 0.2) is 22.7 Å². The molecular formula is C14H16BrN3. The number of anilines is 1. The van der Waals surface area contributed by atoms with Crippen molar-refractivity contribution in [2.75, 3.05) is 12.4 Å². The van der Waals surface area contributed by atoms with Crippen molar-refractivity contribution in [3.8, 4) is 11.4 Å². The Labute approximate surface area is 116 Å². The maximum absolute atomic E-state index is 4.56. The number of rotatable bonds is 2. The molecule has 1 N–H and O–H groups in total. The zero-order valence-corrected chi connectivity index (χ0v) is 12.6. The predicted octanol–water partition coefficient (Wildman–Crippen LogP) is 3.87. The molecule has 0 unspecified atom stereocenters. The van der Waals surface area contributed by atoms with E-state index in [1.165, 1.54) is 5.56 Å². The number of halogens is 1. The van der Waals surface area contributed by atoms with Crippen molar-refractivity contribution in [2.45, 2.75) is 20.8 Å². The number of aromatic nitrogens is 2. The van der Waals surface area contributed by atoms with Gasteiger partial charge in [-0.1, -0.05) is 22.0 Å². The lowest BCUT2D eigenvalue weighted by Gasteiger charge is -2.10. The van der Waals surface area contributed by atoms with Crippen LogP contribution in [0.4, 0.5) is 5.82 Å². The van der Waals surface area contributed by atoms with E-state index in [0.29, 0.717) is 0 Å². The highest BCUT2D eigenvalue weighted by molar-refractivity contribution is 9.10. The fraction of sp³-hybridized carbons (Fsp3) is 0.286. The van der Waals surface area contributed by atoms with Crippen LogP contribution in [-0.2, 0) is 0 Å². The molecule has 0 bridgehead atoms. The van der Waals surface area contributed by atoms with Gasteiger partial charge in [-0.2, -0.15) is 0 Å². The van der Waals surface area contributed by atoms with Gasteiger partial charge in [0.2, 0.25) is 0 Å². The SMILES string of the molecule is CNc1nc(-c2ccc(Br)c(C)c2)nc(C)c1C. The maximum Gasteiger partial charge on any atom is 0.161 e. The van der Waals surface area contributed by atoms with Gasteiger partial charge in [0.1, 0.15) is 5.82 Å². The molecule has 0 radical (unpaired) electrons. The summed E-state index contributed by atoms with van der Waals surface area (Å²) < 4.78 is 1.10. The van der Waals surface area contributed by atoms with Gasteiger partial charge in [-0.3, -0.25) is 0 Å². The van der Waals surface area contributed by atoms with E-state index >= 15 is 0 Å². The molecule has 0 aliphatic heterocycles. The molecule has 0 saturated carbocycles. The molecule has 0 atom stereocenters. The summed E-state index contributed by atoms with van der Waals surface area (Å²) in [5, 5.41) is 3.11. The Hall–Kier alpha value is -1.42. The molecule has 18 heavy (non-hydrogen) atoms. The molecule has 0 aliphatic rings. The molecule has 0 aliphatic carbocycles. The third kappa shape index (κ3) is 2.38. The second-order valence-corrected chi connectivity index (χ2v) is 5.17. The molecule has 1 aromatic heterocycles. The number of nitrogens with one attached hydrogen (secondary N) is 1. The third-order valence-electron chi connectivity index (χ3n) is 3.04. The molecule has 2 rings (SSSR count). The van der Waals surface area contributed by atoms with Crippen LogP contribution in [0.2, 0.25) is 0 Å². The standard InChI is InChI=1S/C14H16BrN3/c1-8-7-11(5-6-12(8)15)14-17-10(3)9(2)13(16-4)18-14/h5-7H,1-4H3,(H,16,17,18). The van der Waals surface area contributed by atoms with Crippen LogP contribution < -0.4 is 5.32 Å². The monoisotopic (exact) mass is 305 g/mol. The Morgan fingerprint density at radius 2 is 1.83 bits per heavy atom. The smallest absolute Gasteiger partial charge is 0.161 e. The molecule has 94 valence electrons. The Kier molecular flexibility index (Phi) is 3.66. The summed E-state index contributed by atoms with van der Waals surface area (Å²) in [5.74, 6) is 1.65. The second-order valence-electron chi connectivity index (χ2n) is 4.32. The Bertz CT molecular complexity index is 594. The lowest BCUT2D eigenvalue weighted by molar-refractivity contribution is 1.07. The van der Waals surface area contributed by atoms with Gasteiger partial charge in [0, 0.05) is 28.3 Å². The van der Waals surface area contributed by atoms with Crippen LogP contribution in [0.1, 0.15) is 16.8 Å². The largest absolute Gasteiger partial charge is 0.373 e. The minimum absolute atomic E-state index is 0.762. The number of nitrogens with zero attached hydrogens (tertiary/aromatic N) is 2. The maximum atomic E-state index is 4.56. The zero-order valence-electron chi connectivity index (χ0n) is 11.0. The van der Waals surface area contributed by atoms with Crippen LogP contribution >= 0.6 is 15.9 Å². The van der Waals surface area contributed by atoms with Crippen LogP contribution in [0, 0.1) is 20.8 Å². The van der Waals surface area contributed by atoms with Crippen LogP contribution in [0.3, 0.4) is 0 Å². The quantitative estimate of drug-likeness (QED) is 0.915. The molecule has 3 nitrogen and oxygen atoms in total. The lowest BCUT2D eigenvalue weighted by Crippen LogP contribution is -2.02. The van der Waals surface area contributed by atoms with Gasteiger partial charge >= 0.3 is 0 Å². The van der Waals surface area contributed by atoms with Crippen molar-refractivity contribution in [3.63, 3.8) is 0 Å². The van der Waals surface area contributed by atoms with Gasteiger partial charge in [0.25, 0.3) is 0 Å². The molecule has 0 amide bonds. The predicted molar refractivity (Wildman–Crippen MR) is 78.9 cm³/mol. The summed E-state index contributed by atoms with van der Waals surface area (Å²) in [4.78, 5) is 9.11. The average Bonchev–Trinajstić information content (AvgIpc) is 2.36. The number of hydrogen-bond donors (Lipinski definition) is 1. The van der Waals surface area contributed by atoms with E-state index in [-0.39, 0.29) is 0 Å². The zero-order chi connectivity index (χ0) is 13.3. The first-order chi connectivity index (χ1) is 8.52. The first-order valence-electron chi connectivity index (χ1n) is 5.82. The Morgan fingerprint density at radius 1 is 1.11 bits per heavy atom. The topological polar surface area (TPSA) is 37.8 Å². The molecular weight excluding hydrogens is 290 g/mol. The fourth-order valence-electron chi connectivity index (χ4n) is 1.79. The number of aryl methyl sites for hydroxylation is 2. The van der Waals surface area contributed by atoms with Gasteiger partial charge in [0.05, 0.1) is 0 Å². The summed E-state index contributed by atoms with van der Waals surface area (Å²) in [6.07, 6.45) is 0. The summed E-state index contributed by atoms with van der Waals surface area (Å²) >= 11 is 3.50. The molecule has 4 heteroatoms. The van der Waals surface area contributed by atoms with Gasteiger partial charge in [0.15, 0.2) is 5.82 Å². The van der Waals surface area contributed by atoms with Crippen molar-refractivity contribution < 1.29 is 0 Å². The van der Waals surface area contributed by atoms with Crippen LogP contribution in [0.25, 0.3) is 11.4 Å². The fourth-order valence-corrected chi connectivity index (χ4v) is 2.03. The van der Waals surface area contributed by atoms with Gasteiger partial charge in [-0.05, 0) is 38.5 Å². The molecule has 1 heterocycles. The van der Waals surface area contributed by atoms with E-state index in [2.05, 4.69) is 44.2 Å². The van der Waals surface area contributed by atoms with Gasteiger partial charge < -0.3 is 5.32 Å². The molecule has 1 aromatic carbocycles. The van der Waals surface area contributed by atoms with Crippen molar-refractivity contribution >= 4 is 21.7 Å². The second kappa shape index (κ2) is 5.06. The van der Waals surface area contributed by atoms with Gasteiger partial charge in [-0.25, -0.2) is 9.97 Å². The summed E-state index contributed by atoms with van der Waals surface area (Å²) in [7, 11) is 1.88. The Balaban J connectivity index is 2.57. The van der Waals surface area contributed by atoms with E-state index in [0.717, 1.165) is 32.9 Å². The van der Waals surface area contributed by atoms with Crippen molar-refractivity contribution in [1.29, 1.82) is 0 Å². The molecule has 0 saturated heterocycles.